The second-order valence-electron chi connectivity index (χ2n) is 3.43. The lowest BCUT2D eigenvalue weighted by atomic mass is 10.3. The van der Waals surface area contributed by atoms with Crippen LogP contribution < -0.4 is 4.72 Å². The Hall–Kier alpha value is -0.630. The number of nitrogens with one attached hydrogen (secondary N) is 1. The molecule has 0 bridgehead atoms. The Labute approximate surface area is 122 Å². The molecule has 0 aliphatic carbocycles. The predicted octanol–water partition coefficient (Wildman–Crippen LogP) is 3.67. The van der Waals surface area contributed by atoms with Crippen LogP contribution in [0.1, 0.15) is 5.69 Å². The number of aromatic nitrogens is 1. The van der Waals surface area contributed by atoms with Gasteiger partial charge in [-0.05, 0) is 47.1 Å². The molecule has 0 atom stereocenters. The van der Waals surface area contributed by atoms with Gasteiger partial charge in [-0.2, -0.15) is 0 Å². The molecular weight excluding hydrogens is 360 g/mol. The Kier molecular flexibility index (Phi) is 3.96. The van der Waals surface area contributed by atoms with Crippen molar-refractivity contribution < 1.29 is 8.42 Å². The van der Waals surface area contributed by atoms with Gasteiger partial charge < -0.3 is 0 Å². The van der Waals surface area contributed by atoms with Gasteiger partial charge >= 0.3 is 0 Å². The molecule has 18 heavy (non-hydrogen) atoms. The molecule has 0 aromatic carbocycles. The zero-order valence-electron chi connectivity index (χ0n) is 9.15. The largest absolute Gasteiger partial charge is 0.277 e. The van der Waals surface area contributed by atoms with Crippen LogP contribution in [-0.2, 0) is 10.0 Å². The lowest BCUT2D eigenvalue weighted by Crippen LogP contribution is -2.12. The molecule has 0 unspecified atom stereocenters. The van der Waals surface area contributed by atoms with Gasteiger partial charge in [0.15, 0.2) is 0 Å². The first kappa shape index (κ1) is 13.8. The molecule has 0 amide bonds. The third-order valence-corrected chi connectivity index (χ3v) is 5.64. The molecular formula is C10H8BrClN2O2S2. The molecule has 2 heterocycles. The topological polar surface area (TPSA) is 59.1 Å². The van der Waals surface area contributed by atoms with E-state index >= 15 is 0 Å². The number of pyridine rings is 1. The van der Waals surface area contributed by atoms with E-state index < -0.39 is 10.0 Å². The summed E-state index contributed by atoms with van der Waals surface area (Å²) in [6, 6.07) is 6.34. The minimum atomic E-state index is -3.60. The first-order valence-corrected chi connectivity index (χ1v) is 8.27. The van der Waals surface area contributed by atoms with Crippen LogP contribution in [0.2, 0.25) is 4.34 Å². The number of thiophene rings is 1. The third-order valence-electron chi connectivity index (χ3n) is 2.11. The van der Waals surface area contributed by atoms with E-state index in [1.54, 1.807) is 25.1 Å². The van der Waals surface area contributed by atoms with Crippen molar-refractivity contribution in [3.8, 4) is 0 Å². The van der Waals surface area contributed by atoms with Crippen LogP contribution in [0.25, 0.3) is 0 Å². The summed E-state index contributed by atoms with van der Waals surface area (Å²) in [5.41, 5.74) is 1.04. The number of halogens is 2. The fraction of sp³-hybridized carbons (Fsp3) is 0.100. The monoisotopic (exact) mass is 366 g/mol. The lowest BCUT2D eigenvalue weighted by molar-refractivity contribution is 0.603. The predicted molar refractivity (Wildman–Crippen MR) is 76.8 cm³/mol. The summed E-state index contributed by atoms with van der Waals surface area (Å²) >= 11 is 9.96. The van der Waals surface area contributed by atoms with E-state index in [4.69, 9.17) is 11.6 Å². The molecule has 0 aliphatic heterocycles. The van der Waals surface area contributed by atoms with Gasteiger partial charge in [0.1, 0.15) is 8.81 Å². The Bertz CT molecular complexity index is 685. The van der Waals surface area contributed by atoms with Crippen LogP contribution in [0.5, 0.6) is 0 Å². The molecule has 0 saturated heterocycles. The second-order valence-corrected chi connectivity index (χ2v) is 7.87. The third kappa shape index (κ3) is 3.03. The number of rotatable bonds is 3. The summed E-state index contributed by atoms with van der Waals surface area (Å²) in [5, 5.41) is 0. The highest BCUT2D eigenvalue weighted by Gasteiger charge is 2.17. The summed E-state index contributed by atoms with van der Waals surface area (Å²) in [6.07, 6.45) is 0. The van der Waals surface area contributed by atoms with Crippen LogP contribution in [0.3, 0.4) is 0 Å². The maximum atomic E-state index is 12.1. The highest BCUT2D eigenvalue weighted by Crippen LogP contribution is 2.28. The van der Waals surface area contributed by atoms with E-state index in [2.05, 4.69) is 25.6 Å². The van der Waals surface area contributed by atoms with Crippen LogP contribution in [-0.4, -0.2) is 13.4 Å². The van der Waals surface area contributed by atoms with E-state index in [1.807, 2.05) is 0 Å². The van der Waals surface area contributed by atoms with E-state index in [1.165, 1.54) is 6.07 Å². The first-order valence-electron chi connectivity index (χ1n) is 4.80. The van der Waals surface area contributed by atoms with Gasteiger partial charge in [0, 0.05) is 0 Å². The average molecular weight is 368 g/mol. The fourth-order valence-corrected chi connectivity index (χ4v) is 4.27. The number of hydrogen-bond donors (Lipinski definition) is 1. The highest BCUT2D eigenvalue weighted by molar-refractivity contribution is 9.10. The van der Waals surface area contributed by atoms with Crippen molar-refractivity contribution in [1.29, 1.82) is 0 Å². The molecule has 2 rings (SSSR count). The molecule has 1 N–H and O–H groups in total. The van der Waals surface area contributed by atoms with Crippen LogP contribution in [0, 0.1) is 6.92 Å². The molecule has 2 aromatic rings. The first-order chi connectivity index (χ1) is 8.38. The van der Waals surface area contributed by atoms with Crippen LogP contribution in [0.15, 0.2) is 33.1 Å². The average Bonchev–Trinajstić information content (AvgIpc) is 2.70. The molecule has 96 valence electrons. The normalized spacial score (nSPS) is 11.5. The molecule has 0 saturated carbocycles. The van der Waals surface area contributed by atoms with Crippen molar-refractivity contribution in [2.45, 2.75) is 11.1 Å². The summed E-state index contributed by atoms with van der Waals surface area (Å²) < 4.78 is 27.9. The van der Waals surface area contributed by atoms with Gasteiger partial charge in [0.2, 0.25) is 0 Å². The molecule has 0 radical (unpaired) electrons. The van der Waals surface area contributed by atoms with Crippen molar-refractivity contribution >= 4 is 54.6 Å². The minimum Gasteiger partial charge on any atom is -0.277 e. The Morgan fingerprint density at radius 1 is 1.33 bits per heavy atom. The van der Waals surface area contributed by atoms with E-state index in [-0.39, 0.29) is 4.21 Å². The van der Waals surface area contributed by atoms with Gasteiger partial charge in [0.25, 0.3) is 10.0 Å². The maximum absolute atomic E-state index is 12.1. The zero-order chi connectivity index (χ0) is 13.3. The van der Waals surface area contributed by atoms with E-state index in [0.717, 1.165) is 11.3 Å². The van der Waals surface area contributed by atoms with Crippen molar-refractivity contribution in [2.75, 3.05) is 4.72 Å². The maximum Gasteiger partial charge on any atom is 0.271 e. The number of nitrogens with zero attached hydrogens (tertiary/aromatic N) is 1. The smallest absolute Gasteiger partial charge is 0.271 e. The van der Waals surface area contributed by atoms with E-state index in [9.17, 15) is 8.42 Å². The number of hydrogen-bond acceptors (Lipinski definition) is 4. The Morgan fingerprint density at radius 3 is 2.61 bits per heavy atom. The summed E-state index contributed by atoms with van der Waals surface area (Å²) in [5.74, 6) is 0. The number of aryl methyl sites for hydroxylation is 1. The van der Waals surface area contributed by atoms with Gasteiger partial charge in [-0.15, -0.1) is 11.3 Å². The minimum absolute atomic E-state index is 0.176. The molecule has 2 aromatic heterocycles. The van der Waals surface area contributed by atoms with Gasteiger partial charge in [-0.1, -0.05) is 11.6 Å². The second kappa shape index (κ2) is 5.16. The summed E-state index contributed by atoms with van der Waals surface area (Å²) in [7, 11) is -3.60. The standard InChI is InChI=1S/C10H8BrClN2O2S2/c1-6-7(2-3-8(11)13-6)14-18(15,16)10-5-4-9(12)17-10/h2-5,14H,1H3. The van der Waals surface area contributed by atoms with Gasteiger partial charge in [-0.25, -0.2) is 13.4 Å². The highest BCUT2D eigenvalue weighted by atomic mass is 79.9. The van der Waals surface area contributed by atoms with Crippen molar-refractivity contribution in [3.63, 3.8) is 0 Å². The molecule has 0 fully saturated rings. The van der Waals surface area contributed by atoms with Crippen molar-refractivity contribution in [3.05, 3.63) is 38.9 Å². The summed E-state index contributed by atoms with van der Waals surface area (Å²) in [4.78, 5) is 4.12. The van der Waals surface area contributed by atoms with Crippen molar-refractivity contribution in [2.24, 2.45) is 0 Å². The fourth-order valence-electron chi connectivity index (χ4n) is 1.28. The molecule has 0 aliphatic rings. The quantitative estimate of drug-likeness (QED) is 0.842. The molecule has 4 nitrogen and oxygen atoms in total. The van der Waals surface area contributed by atoms with E-state index in [0.29, 0.717) is 20.3 Å². The number of sulfonamides is 1. The van der Waals surface area contributed by atoms with Crippen LogP contribution in [0.4, 0.5) is 5.69 Å². The lowest BCUT2D eigenvalue weighted by Gasteiger charge is -2.08. The molecule has 8 heteroatoms. The summed E-state index contributed by atoms with van der Waals surface area (Å²) in [6.45, 7) is 1.73. The number of anilines is 1. The SMILES string of the molecule is Cc1nc(Br)ccc1NS(=O)(=O)c1ccc(Cl)s1. The molecule has 0 spiro atoms. The van der Waals surface area contributed by atoms with Crippen LogP contribution >= 0.6 is 38.9 Å². The Morgan fingerprint density at radius 2 is 2.06 bits per heavy atom. The van der Waals surface area contributed by atoms with Gasteiger partial charge in [0.05, 0.1) is 15.7 Å². The zero-order valence-corrected chi connectivity index (χ0v) is 13.1. The Balaban J connectivity index is 2.33. The van der Waals surface area contributed by atoms with Crippen molar-refractivity contribution in [1.82, 2.24) is 4.98 Å². The van der Waals surface area contributed by atoms with Gasteiger partial charge in [-0.3, -0.25) is 4.72 Å².